The van der Waals surface area contributed by atoms with Crippen LogP contribution < -0.4 is 9.88 Å². The number of aryl methyl sites for hydroxylation is 1. The highest BCUT2D eigenvalue weighted by molar-refractivity contribution is 7.89. The maximum atomic E-state index is 11.7. The van der Waals surface area contributed by atoms with Gasteiger partial charge in [0.2, 0.25) is 10.0 Å². The molecule has 0 radical (unpaired) electrons. The summed E-state index contributed by atoms with van der Waals surface area (Å²) in [5.41, 5.74) is 1.38. The van der Waals surface area contributed by atoms with Gasteiger partial charge in [0.25, 0.3) is 0 Å². The fourth-order valence-electron chi connectivity index (χ4n) is 2.98. The first-order valence-electron chi connectivity index (χ1n) is 8.85. The number of halogens is 2. The molecule has 2 aromatic carbocycles. The number of hydrogen-bond acceptors (Lipinski definition) is 4. The van der Waals surface area contributed by atoms with Crippen LogP contribution in [0.4, 0.5) is 0 Å². The van der Waals surface area contributed by atoms with E-state index in [-0.39, 0.29) is 4.90 Å². The third-order valence-corrected chi connectivity index (χ3v) is 5.82. The number of nitrogens with zero attached hydrogens (tertiary/aromatic N) is 2. The number of sulfonamides is 1. The van der Waals surface area contributed by atoms with Crippen molar-refractivity contribution in [1.82, 2.24) is 9.55 Å². The van der Waals surface area contributed by atoms with Crippen molar-refractivity contribution in [3.05, 3.63) is 52.3 Å². The molecule has 6 nitrogen and oxygen atoms in total. The van der Waals surface area contributed by atoms with Gasteiger partial charge in [0.1, 0.15) is 5.75 Å². The maximum absolute atomic E-state index is 11.7. The van der Waals surface area contributed by atoms with E-state index in [1.165, 1.54) is 12.1 Å². The lowest BCUT2D eigenvalue weighted by molar-refractivity contribution is 0.211. The molecule has 2 N–H and O–H groups in total. The first-order chi connectivity index (χ1) is 13.2. The molecule has 0 fully saturated rings. The third-order valence-electron chi connectivity index (χ3n) is 4.37. The molecular weight excluding hydrogens is 421 g/mol. The molecule has 150 valence electrons. The standard InChI is InChI=1S/C19H21Cl2N3O3S/c1-3-4-9-24-17-7-6-14(28(22,25)26)11-16(17)23-19(24)12(2)27-18-8-5-13(20)10-15(18)21/h5-8,10-12H,3-4,9H2,1-2H3,(H2,22,25,26)/t12-/m0/s1. The normalized spacial score (nSPS) is 13.0. The summed E-state index contributed by atoms with van der Waals surface area (Å²) in [5.74, 6) is 1.18. The number of benzene rings is 2. The lowest BCUT2D eigenvalue weighted by atomic mass is 10.3. The quantitative estimate of drug-likeness (QED) is 0.562. The fourth-order valence-corrected chi connectivity index (χ4v) is 3.97. The lowest BCUT2D eigenvalue weighted by Gasteiger charge is -2.17. The van der Waals surface area contributed by atoms with Crippen molar-refractivity contribution in [2.24, 2.45) is 5.14 Å². The van der Waals surface area contributed by atoms with Crippen molar-refractivity contribution in [3.63, 3.8) is 0 Å². The topological polar surface area (TPSA) is 87.2 Å². The van der Waals surface area contributed by atoms with Crippen LogP contribution >= 0.6 is 23.2 Å². The average molecular weight is 442 g/mol. The predicted molar refractivity (Wildman–Crippen MR) is 112 cm³/mol. The Morgan fingerprint density at radius 3 is 2.61 bits per heavy atom. The molecule has 0 aliphatic heterocycles. The van der Waals surface area contributed by atoms with Gasteiger partial charge in [-0.25, -0.2) is 18.5 Å². The van der Waals surface area contributed by atoms with Gasteiger partial charge in [-0.3, -0.25) is 0 Å². The van der Waals surface area contributed by atoms with Gasteiger partial charge < -0.3 is 9.30 Å². The molecule has 0 aliphatic carbocycles. The van der Waals surface area contributed by atoms with E-state index in [1.54, 1.807) is 24.3 Å². The van der Waals surface area contributed by atoms with Crippen molar-refractivity contribution < 1.29 is 13.2 Å². The number of imidazole rings is 1. The Bertz CT molecular complexity index is 1110. The highest BCUT2D eigenvalue weighted by Crippen LogP contribution is 2.32. The number of fused-ring (bicyclic) bond motifs is 1. The van der Waals surface area contributed by atoms with Gasteiger partial charge in [-0.15, -0.1) is 0 Å². The van der Waals surface area contributed by atoms with Gasteiger partial charge in [0.15, 0.2) is 11.9 Å². The van der Waals surface area contributed by atoms with E-state index in [9.17, 15) is 8.42 Å². The molecule has 0 saturated heterocycles. The molecule has 0 unspecified atom stereocenters. The number of hydrogen-bond donors (Lipinski definition) is 1. The number of nitrogens with two attached hydrogens (primary N) is 1. The lowest BCUT2D eigenvalue weighted by Crippen LogP contribution is -2.12. The van der Waals surface area contributed by atoms with Crippen molar-refractivity contribution in [3.8, 4) is 5.75 Å². The van der Waals surface area contributed by atoms with Crippen molar-refractivity contribution in [1.29, 1.82) is 0 Å². The van der Waals surface area contributed by atoms with Crippen LogP contribution in [0.25, 0.3) is 11.0 Å². The molecule has 1 aromatic heterocycles. The monoisotopic (exact) mass is 441 g/mol. The Hall–Kier alpha value is -1.80. The smallest absolute Gasteiger partial charge is 0.238 e. The Kier molecular flexibility index (Phi) is 6.19. The molecule has 0 saturated carbocycles. The third kappa shape index (κ3) is 4.43. The van der Waals surface area contributed by atoms with E-state index in [4.69, 9.17) is 33.1 Å². The zero-order valence-corrected chi connectivity index (χ0v) is 17.9. The second kappa shape index (κ2) is 8.29. The summed E-state index contributed by atoms with van der Waals surface area (Å²) in [5, 5.41) is 6.18. The molecule has 3 rings (SSSR count). The van der Waals surface area contributed by atoms with Gasteiger partial charge in [0, 0.05) is 11.6 Å². The number of primary sulfonamides is 1. The fraction of sp³-hybridized carbons (Fsp3) is 0.316. The first-order valence-corrected chi connectivity index (χ1v) is 11.2. The Morgan fingerprint density at radius 1 is 1.21 bits per heavy atom. The zero-order chi connectivity index (χ0) is 20.5. The molecule has 1 atom stereocenters. The molecule has 0 aliphatic rings. The van der Waals surface area contributed by atoms with Gasteiger partial charge >= 0.3 is 0 Å². The van der Waals surface area contributed by atoms with Gasteiger partial charge in [-0.1, -0.05) is 36.5 Å². The van der Waals surface area contributed by atoms with Crippen LogP contribution in [0.1, 0.15) is 38.6 Å². The Labute approximate surface area is 174 Å². The average Bonchev–Trinajstić information content (AvgIpc) is 2.99. The predicted octanol–water partition coefficient (Wildman–Crippen LogP) is 4.93. The van der Waals surface area contributed by atoms with Crippen LogP contribution in [0, 0.1) is 0 Å². The SMILES string of the molecule is CCCCn1c([C@H](C)Oc2ccc(Cl)cc2Cl)nc2cc(S(N)(=O)=O)ccc21. The molecular formula is C19H21Cl2N3O3S. The van der Waals surface area contributed by atoms with E-state index < -0.39 is 16.1 Å². The minimum absolute atomic E-state index is 0.0287. The first kappa shape index (κ1) is 20.9. The number of unbranched alkanes of at least 4 members (excludes halogenated alkanes) is 1. The molecule has 0 amide bonds. The van der Waals surface area contributed by atoms with E-state index in [1.807, 2.05) is 11.5 Å². The van der Waals surface area contributed by atoms with Crippen LogP contribution in [0.2, 0.25) is 10.0 Å². The van der Waals surface area contributed by atoms with Gasteiger partial charge in [-0.2, -0.15) is 0 Å². The van der Waals surface area contributed by atoms with E-state index in [0.29, 0.717) is 27.1 Å². The minimum atomic E-state index is -3.80. The second-order valence-electron chi connectivity index (χ2n) is 6.51. The van der Waals surface area contributed by atoms with Crippen molar-refractivity contribution in [2.75, 3.05) is 0 Å². The van der Waals surface area contributed by atoms with Crippen molar-refractivity contribution in [2.45, 2.75) is 44.2 Å². The molecule has 0 spiro atoms. The molecule has 0 bridgehead atoms. The summed E-state index contributed by atoms with van der Waals surface area (Å²) in [6.07, 6.45) is 1.54. The van der Waals surface area contributed by atoms with Gasteiger partial charge in [-0.05, 0) is 49.7 Å². The summed E-state index contributed by atoms with van der Waals surface area (Å²) in [7, 11) is -3.80. The largest absolute Gasteiger partial charge is 0.481 e. The van der Waals surface area contributed by atoms with E-state index >= 15 is 0 Å². The summed E-state index contributed by atoms with van der Waals surface area (Å²) in [6.45, 7) is 4.71. The molecule has 28 heavy (non-hydrogen) atoms. The van der Waals surface area contributed by atoms with Crippen LogP contribution in [0.5, 0.6) is 5.75 Å². The number of ether oxygens (including phenoxy) is 1. The minimum Gasteiger partial charge on any atom is -0.481 e. The Balaban J connectivity index is 2.04. The van der Waals surface area contributed by atoms with Crippen LogP contribution in [0.15, 0.2) is 41.3 Å². The number of aromatic nitrogens is 2. The zero-order valence-electron chi connectivity index (χ0n) is 15.5. The highest BCUT2D eigenvalue weighted by atomic mass is 35.5. The van der Waals surface area contributed by atoms with Gasteiger partial charge in [0.05, 0.1) is 21.0 Å². The highest BCUT2D eigenvalue weighted by Gasteiger charge is 2.20. The summed E-state index contributed by atoms with van der Waals surface area (Å²) in [4.78, 5) is 4.66. The summed E-state index contributed by atoms with van der Waals surface area (Å²) >= 11 is 12.2. The maximum Gasteiger partial charge on any atom is 0.238 e. The molecule has 1 heterocycles. The summed E-state index contributed by atoms with van der Waals surface area (Å²) in [6, 6.07) is 9.73. The van der Waals surface area contributed by atoms with Crippen molar-refractivity contribution >= 4 is 44.3 Å². The van der Waals surface area contributed by atoms with E-state index in [0.717, 1.165) is 24.9 Å². The van der Waals surface area contributed by atoms with E-state index in [2.05, 4.69) is 11.9 Å². The molecule has 3 aromatic rings. The molecule has 9 heteroatoms. The van der Waals surface area contributed by atoms with Crippen LogP contribution in [-0.2, 0) is 16.6 Å². The second-order valence-corrected chi connectivity index (χ2v) is 8.91. The number of rotatable bonds is 7. The Morgan fingerprint density at radius 2 is 1.96 bits per heavy atom. The van der Waals surface area contributed by atoms with Crippen LogP contribution in [-0.4, -0.2) is 18.0 Å². The summed E-state index contributed by atoms with van der Waals surface area (Å²) < 4.78 is 31.4. The van der Waals surface area contributed by atoms with Crippen LogP contribution in [0.3, 0.4) is 0 Å².